The molecule has 3 aromatic rings. The van der Waals surface area contributed by atoms with Gasteiger partial charge in [0.2, 0.25) is 0 Å². The number of rotatable bonds is 3. The Labute approximate surface area is 145 Å². The Kier molecular flexibility index (Phi) is 4.13. The maximum atomic E-state index is 12.3. The van der Waals surface area contributed by atoms with Gasteiger partial charge in [0, 0.05) is 10.4 Å². The van der Waals surface area contributed by atoms with Crippen LogP contribution in [-0.2, 0) is 12.8 Å². The molecule has 3 nitrogen and oxygen atoms in total. The summed E-state index contributed by atoms with van der Waals surface area (Å²) in [7, 11) is 0. The highest BCUT2D eigenvalue weighted by Gasteiger charge is 2.16. The second-order valence-corrected chi connectivity index (χ2v) is 7.17. The summed E-state index contributed by atoms with van der Waals surface area (Å²) in [5.41, 5.74) is 5.00. The molecule has 0 spiro atoms. The van der Waals surface area contributed by atoms with Crippen molar-refractivity contribution in [2.75, 3.05) is 0 Å². The molecule has 0 saturated carbocycles. The van der Waals surface area contributed by atoms with Crippen LogP contribution in [0.15, 0.2) is 53.6 Å². The summed E-state index contributed by atoms with van der Waals surface area (Å²) in [4.78, 5) is 14.4. The van der Waals surface area contributed by atoms with Crippen LogP contribution in [0, 0.1) is 0 Å². The quantitative estimate of drug-likeness (QED) is 0.554. The number of carbonyl (C=O) groups is 1. The Balaban J connectivity index is 1.50. The monoisotopic (exact) mass is 334 g/mol. The normalized spacial score (nSPS) is 14.0. The molecule has 0 unspecified atom stereocenters. The average molecular weight is 334 g/mol. The van der Waals surface area contributed by atoms with Crippen molar-refractivity contribution in [1.82, 2.24) is 5.43 Å². The van der Waals surface area contributed by atoms with E-state index in [2.05, 4.69) is 28.7 Å². The summed E-state index contributed by atoms with van der Waals surface area (Å²) in [6.45, 7) is 0. The van der Waals surface area contributed by atoms with Crippen LogP contribution in [0.25, 0.3) is 10.8 Å². The van der Waals surface area contributed by atoms with E-state index in [4.69, 9.17) is 0 Å². The Bertz CT molecular complexity index is 898. The number of fused-ring (bicyclic) bond motifs is 2. The molecular formula is C20H18N2OS. The number of carbonyl (C=O) groups excluding carboxylic acids is 1. The van der Waals surface area contributed by atoms with Gasteiger partial charge in [0.05, 0.1) is 11.1 Å². The minimum Gasteiger partial charge on any atom is -0.266 e. The Morgan fingerprint density at radius 3 is 2.83 bits per heavy atom. The van der Waals surface area contributed by atoms with E-state index in [9.17, 15) is 4.79 Å². The number of hydrogen-bond donors (Lipinski definition) is 1. The van der Waals surface area contributed by atoms with Gasteiger partial charge in [-0.2, -0.15) is 5.10 Å². The van der Waals surface area contributed by atoms with E-state index in [1.807, 2.05) is 30.3 Å². The van der Waals surface area contributed by atoms with E-state index in [1.54, 1.807) is 17.6 Å². The lowest BCUT2D eigenvalue weighted by atomic mass is 9.99. The van der Waals surface area contributed by atoms with Gasteiger partial charge in [-0.3, -0.25) is 4.79 Å². The van der Waals surface area contributed by atoms with Crippen LogP contribution >= 0.6 is 11.3 Å². The van der Waals surface area contributed by atoms with Crippen molar-refractivity contribution in [1.29, 1.82) is 0 Å². The van der Waals surface area contributed by atoms with E-state index in [0.29, 0.717) is 0 Å². The summed E-state index contributed by atoms with van der Waals surface area (Å²) >= 11 is 1.61. The van der Waals surface area contributed by atoms with E-state index in [0.717, 1.165) is 28.7 Å². The van der Waals surface area contributed by atoms with E-state index >= 15 is 0 Å². The number of nitrogens with one attached hydrogen (secondary N) is 1. The lowest BCUT2D eigenvalue weighted by Crippen LogP contribution is -2.16. The van der Waals surface area contributed by atoms with E-state index in [1.165, 1.54) is 28.7 Å². The number of amides is 1. The molecule has 0 saturated heterocycles. The van der Waals surface area contributed by atoms with Crippen LogP contribution in [0.2, 0.25) is 0 Å². The van der Waals surface area contributed by atoms with Crippen LogP contribution in [0.4, 0.5) is 0 Å². The molecule has 0 aliphatic heterocycles. The maximum Gasteiger partial charge on any atom is 0.281 e. The molecule has 24 heavy (non-hydrogen) atoms. The first-order valence-electron chi connectivity index (χ1n) is 8.24. The molecule has 2 aromatic carbocycles. The second kappa shape index (κ2) is 6.57. The van der Waals surface area contributed by atoms with Gasteiger partial charge in [-0.05, 0) is 48.1 Å². The summed E-state index contributed by atoms with van der Waals surface area (Å²) in [6, 6.07) is 16.3. The van der Waals surface area contributed by atoms with Crippen molar-refractivity contribution in [2.24, 2.45) is 5.10 Å². The van der Waals surface area contributed by atoms with Gasteiger partial charge >= 0.3 is 0 Å². The van der Waals surface area contributed by atoms with Crippen molar-refractivity contribution in [3.05, 3.63) is 69.4 Å². The molecule has 1 aliphatic carbocycles. The number of hydrazone groups is 1. The summed E-state index contributed by atoms with van der Waals surface area (Å²) < 4.78 is 0. The molecular weight excluding hydrogens is 316 g/mol. The van der Waals surface area contributed by atoms with Crippen molar-refractivity contribution in [3.63, 3.8) is 0 Å². The summed E-state index contributed by atoms with van der Waals surface area (Å²) in [6.07, 6.45) is 6.37. The van der Waals surface area contributed by atoms with Crippen molar-refractivity contribution < 1.29 is 4.79 Å². The van der Waals surface area contributed by atoms with E-state index in [-0.39, 0.29) is 5.91 Å². The van der Waals surface area contributed by atoms with Gasteiger partial charge in [0.1, 0.15) is 0 Å². The summed E-state index contributed by atoms with van der Waals surface area (Å²) in [5.74, 6) is -0.120. The van der Waals surface area contributed by atoms with Gasteiger partial charge in [-0.15, -0.1) is 11.3 Å². The maximum absolute atomic E-state index is 12.3. The zero-order valence-corrected chi connectivity index (χ0v) is 14.1. The first-order chi connectivity index (χ1) is 11.8. The molecule has 1 aromatic heterocycles. The fraction of sp³-hybridized carbons (Fsp3) is 0.200. The predicted molar refractivity (Wildman–Crippen MR) is 100.0 cm³/mol. The Morgan fingerprint density at radius 1 is 1.08 bits per heavy atom. The van der Waals surface area contributed by atoms with Crippen LogP contribution in [0.5, 0.6) is 0 Å². The zero-order valence-electron chi connectivity index (χ0n) is 13.3. The number of aryl methyl sites for hydroxylation is 2. The lowest BCUT2D eigenvalue weighted by molar-refractivity contribution is 0.0959. The topological polar surface area (TPSA) is 41.5 Å². The Morgan fingerprint density at radius 2 is 1.92 bits per heavy atom. The van der Waals surface area contributed by atoms with Gasteiger partial charge in [0.15, 0.2) is 0 Å². The SMILES string of the molecule is O=C(NN=Cc1cccc2ccccc12)c1cc2c(s1)CCCC2. The molecule has 1 amide bonds. The van der Waals surface area contributed by atoms with Crippen LogP contribution < -0.4 is 5.43 Å². The minimum atomic E-state index is -0.120. The lowest BCUT2D eigenvalue weighted by Gasteiger charge is -2.08. The third-order valence-corrected chi connectivity index (χ3v) is 5.65. The van der Waals surface area contributed by atoms with Gasteiger partial charge in [-0.25, -0.2) is 5.43 Å². The van der Waals surface area contributed by atoms with Gasteiger partial charge < -0.3 is 0 Å². The zero-order chi connectivity index (χ0) is 16.4. The fourth-order valence-electron chi connectivity index (χ4n) is 3.18. The number of benzene rings is 2. The second-order valence-electron chi connectivity index (χ2n) is 6.03. The number of nitrogens with zero attached hydrogens (tertiary/aromatic N) is 1. The first-order valence-corrected chi connectivity index (χ1v) is 9.06. The third-order valence-electron chi connectivity index (χ3n) is 4.41. The first kappa shape index (κ1) is 15.1. The molecule has 120 valence electrons. The molecule has 0 fully saturated rings. The van der Waals surface area contributed by atoms with Gasteiger partial charge in [0.25, 0.3) is 5.91 Å². The molecule has 0 radical (unpaired) electrons. The molecule has 1 aliphatic rings. The van der Waals surface area contributed by atoms with E-state index < -0.39 is 0 Å². The molecule has 4 rings (SSSR count). The molecule has 0 atom stereocenters. The van der Waals surface area contributed by atoms with Crippen LogP contribution in [-0.4, -0.2) is 12.1 Å². The smallest absolute Gasteiger partial charge is 0.266 e. The predicted octanol–water partition coefficient (Wildman–Crippen LogP) is 4.54. The Hall–Kier alpha value is -2.46. The molecule has 1 heterocycles. The minimum absolute atomic E-state index is 0.120. The van der Waals surface area contributed by atoms with Crippen molar-refractivity contribution in [3.8, 4) is 0 Å². The largest absolute Gasteiger partial charge is 0.281 e. The van der Waals surface area contributed by atoms with Gasteiger partial charge in [-0.1, -0.05) is 42.5 Å². The highest BCUT2D eigenvalue weighted by atomic mass is 32.1. The average Bonchev–Trinajstić information content (AvgIpc) is 3.06. The number of hydrogen-bond acceptors (Lipinski definition) is 3. The molecule has 4 heteroatoms. The van der Waals surface area contributed by atoms with Crippen molar-refractivity contribution in [2.45, 2.75) is 25.7 Å². The highest BCUT2D eigenvalue weighted by Crippen LogP contribution is 2.29. The molecule has 0 bridgehead atoms. The summed E-state index contributed by atoms with van der Waals surface area (Å²) in [5, 5.41) is 6.45. The van der Waals surface area contributed by atoms with Crippen LogP contribution in [0.3, 0.4) is 0 Å². The molecule has 1 N–H and O–H groups in total. The standard InChI is InChI=1S/C20H18N2OS/c23-20(19-12-15-7-2-4-11-18(15)24-19)22-21-13-16-9-5-8-14-6-1-3-10-17(14)16/h1,3,5-6,8-10,12-13H,2,4,7,11H2,(H,22,23). The number of thiophene rings is 1. The third kappa shape index (κ3) is 2.97. The van der Waals surface area contributed by atoms with Crippen molar-refractivity contribution >= 4 is 34.2 Å². The highest BCUT2D eigenvalue weighted by molar-refractivity contribution is 7.14. The fourth-order valence-corrected chi connectivity index (χ4v) is 4.32. The van der Waals surface area contributed by atoms with Crippen LogP contribution in [0.1, 0.15) is 38.5 Å².